The molecule has 3 rings (SSSR count). The van der Waals surface area contributed by atoms with Crippen molar-refractivity contribution >= 4 is 22.7 Å². The number of ether oxygens (including phenoxy) is 2. The van der Waals surface area contributed by atoms with Crippen molar-refractivity contribution in [1.82, 2.24) is 15.8 Å². The minimum atomic E-state index is -0.395. The molecule has 134 valence electrons. The van der Waals surface area contributed by atoms with Crippen molar-refractivity contribution in [2.24, 2.45) is 0 Å². The zero-order chi connectivity index (χ0) is 18.5. The number of para-hydroxylation sites is 1. The van der Waals surface area contributed by atoms with Crippen molar-refractivity contribution < 1.29 is 19.1 Å². The van der Waals surface area contributed by atoms with Crippen LogP contribution in [0.4, 0.5) is 0 Å². The lowest BCUT2D eigenvalue weighted by Crippen LogP contribution is -2.42. The molecular formula is C19H19N3O4. The molecule has 0 atom stereocenters. The van der Waals surface area contributed by atoms with Gasteiger partial charge in [-0.05, 0) is 24.3 Å². The Morgan fingerprint density at radius 2 is 1.85 bits per heavy atom. The van der Waals surface area contributed by atoms with E-state index in [4.69, 9.17) is 9.47 Å². The molecule has 1 aromatic heterocycles. The number of benzene rings is 2. The summed E-state index contributed by atoms with van der Waals surface area (Å²) < 4.78 is 10.4. The Kier molecular flexibility index (Phi) is 5.07. The van der Waals surface area contributed by atoms with Crippen LogP contribution in [-0.2, 0) is 11.2 Å². The fourth-order valence-corrected chi connectivity index (χ4v) is 2.69. The maximum Gasteiger partial charge on any atom is 0.271 e. The van der Waals surface area contributed by atoms with E-state index in [2.05, 4.69) is 15.8 Å². The quantitative estimate of drug-likeness (QED) is 0.613. The van der Waals surface area contributed by atoms with Gasteiger partial charge in [0, 0.05) is 22.7 Å². The average molecular weight is 353 g/mol. The van der Waals surface area contributed by atoms with Crippen LogP contribution in [0.3, 0.4) is 0 Å². The largest absolute Gasteiger partial charge is 0.497 e. The van der Waals surface area contributed by atoms with Gasteiger partial charge in [0.25, 0.3) is 5.91 Å². The highest BCUT2D eigenvalue weighted by atomic mass is 16.5. The Morgan fingerprint density at radius 1 is 1.04 bits per heavy atom. The molecule has 0 aliphatic carbocycles. The number of aromatic amines is 1. The topological polar surface area (TPSA) is 92.4 Å². The molecule has 3 N–H and O–H groups in total. The number of carbonyl (C=O) groups excluding carboxylic acids is 2. The zero-order valence-electron chi connectivity index (χ0n) is 14.5. The zero-order valence-corrected chi connectivity index (χ0v) is 14.5. The lowest BCUT2D eigenvalue weighted by molar-refractivity contribution is -0.121. The van der Waals surface area contributed by atoms with Crippen LogP contribution in [0.1, 0.15) is 15.9 Å². The number of hydrogen-bond donors (Lipinski definition) is 3. The lowest BCUT2D eigenvalue weighted by atomic mass is 10.1. The van der Waals surface area contributed by atoms with Crippen molar-refractivity contribution in [2.75, 3.05) is 14.2 Å². The van der Waals surface area contributed by atoms with Crippen LogP contribution in [0.25, 0.3) is 10.9 Å². The van der Waals surface area contributed by atoms with Gasteiger partial charge in [0.05, 0.1) is 26.2 Å². The third-order valence-corrected chi connectivity index (χ3v) is 3.99. The Balaban J connectivity index is 1.65. The highest BCUT2D eigenvalue weighted by molar-refractivity contribution is 6.07. The Morgan fingerprint density at radius 3 is 2.62 bits per heavy atom. The molecule has 0 saturated carbocycles. The molecule has 0 aliphatic rings. The van der Waals surface area contributed by atoms with Crippen molar-refractivity contribution in [3.63, 3.8) is 0 Å². The van der Waals surface area contributed by atoms with Crippen molar-refractivity contribution in [3.05, 3.63) is 59.8 Å². The Hall–Kier alpha value is -3.48. The average Bonchev–Trinajstić information content (AvgIpc) is 3.10. The van der Waals surface area contributed by atoms with Crippen LogP contribution in [0, 0.1) is 0 Å². The van der Waals surface area contributed by atoms with Crippen LogP contribution in [0.2, 0.25) is 0 Å². The van der Waals surface area contributed by atoms with Crippen LogP contribution in [-0.4, -0.2) is 31.0 Å². The first-order chi connectivity index (χ1) is 12.6. The first-order valence-corrected chi connectivity index (χ1v) is 7.98. The number of hydrazine groups is 1. The number of fused-ring (bicyclic) bond motifs is 1. The molecule has 26 heavy (non-hydrogen) atoms. The molecule has 0 spiro atoms. The lowest BCUT2D eigenvalue weighted by Gasteiger charge is -2.11. The van der Waals surface area contributed by atoms with Crippen LogP contribution >= 0.6 is 0 Å². The minimum Gasteiger partial charge on any atom is -0.497 e. The van der Waals surface area contributed by atoms with E-state index in [1.807, 2.05) is 24.3 Å². The van der Waals surface area contributed by atoms with Gasteiger partial charge in [-0.15, -0.1) is 0 Å². The summed E-state index contributed by atoms with van der Waals surface area (Å²) >= 11 is 0. The van der Waals surface area contributed by atoms with Gasteiger partial charge in [-0.1, -0.05) is 18.2 Å². The first kappa shape index (κ1) is 17.3. The second kappa shape index (κ2) is 7.60. The molecule has 7 nitrogen and oxygen atoms in total. The van der Waals surface area contributed by atoms with Crippen LogP contribution in [0.5, 0.6) is 11.5 Å². The van der Waals surface area contributed by atoms with Crippen LogP contribution in [0.15, 0.2) is 48.7 Å². The Bertz CT molecular complexity index is 949. The van der Waals surface area contributed by atoms with Gasteiger partial charge in [0.1, 0.15) is 11.5 Å². The van der Waals surface area contributed by atoms with Gasteiger partial charge < -0.3 is 14.5 Å². The fourth-order valence-electron chi connectivity index (χ4n) is 2.69. The van der Waals surface area contributed by atoms with E-state index < -0.39 is 5.91 Å². The van der Waals surface area contributed by atoms with Crippen molar-refractivity contribution in [1.29, 1.82) is 0 Å². The summed E-state index contributed by atoms with van der Waals surface area (Å²) in [6.45, 7) is 0. The number of nitrogens with one attached hydrogen (secondary N) is 3. The van der Waals surface area contributed by atoms with Gasteiger partial charge in [0.2, 0.25) is 5.91 Å². The normalized spacial score (nSPS) is 10.4. The van der Waals surface area contributed by atoms with Gasteiger partial charge in [-0.2, -0.15) is 0 Å². The number of aromatic nitrogens is 1. The molecule has 0 radical (unpaired) electrons. The minimum absolute atomic E-state index is 0.0362. The smallest absolute Gasteiger partial charge is 0.271 e. The highest BCUT2D eigenvalue weighted by Gasteiger charge is 2.14. The molecule has 0 saturated heterocycles. The number of amides is 2. The second-order valence-electron chi connectivity index (χ2n) is 5.60. The number of H-pyrrole nitrogens is 1. The van der Waals surface area contributed by atoms with Crippen molar-refractivity contribution in [3.8, 4) is 11.5 Å². The predicted molar refractivity (Wildman–Crippen MR) is 97.2 cm³/mol. The molecule has 0 fully saturated rings. The van der Waals surface area contributed by atoms with E-state index in [0.717, 1.165) is 10.9 Å². The predicted octanol–water partition coefficient (Wildman–Crippen LogP) is 2.19. The second-order valence-corrected chi connectivity index (χ2v) is 5.60. The van der Waals surface area contributed by atoms with Crippen molar-refractivity contribution in [2.45, 2.75) is 6.42 Å². The number of carbonyl (C=O) groups is 2. The summed E-state index contributed by atoms with van der Waals surface area (Å²) in [6.07, 6.45) is 1.64. The maximum absolute atomic E-state index is 12.3. The third-order valence-electron chi connectivity index (χ3n) is 3.99. The molecule has 0 aliphatic heterocycles. The van der Waals surface area contributed by atoms with Gasteiger partial charge in [-0.25, -0.2) is 0 Å². The Labute approximate surface area is 150 Å². The van der Waals surface area contributed by atoms with Gasteiger partial charge >= 0.3 is 0 Å². The standard InChI is InChI=1S/C19H19N3O4/c1-25-13-7-8-17(26-2)12(9-13)10-18(23)21-22-19(24)15-11-20-16-6-4-3-5-14(15)16/h3-9,11,20H,10H2,1-2H3,(H,21,23)(H,22,24). The van der Waals surface area contributed by atoms with Gasteiger partial charge in [0.15, 0.2) is 0 Å². The summed E-state index contributed by atoms with van der Waals surface area (Å²) in [7, 11) is 3.08. The summed E-state index contributed by atoms with van der Waals surface area (Å²) in [4.78, 5) is 27.5. The van der Waals surface area contributed by atoms with E-state index in [1.165, 1.54) is 7.11 Å². The fraction of sp³-hybridized carbons (Fsp3) is 0.158. The SMILES string of the molecule is COc1ccc(OC)c(CC(=O)NNC(=O)c2c[nH]c3ccccc23)c1. The van der Waals surface area contributed by atoms with E-state index in [1.54, 1.807) is 31.5 Å². The maximum atomic E-state index is 12.3. The molecule has 2 aromatic carbocycles. The highest BCUT2D eigenvalue weighted by Crippen LogP contribution is 2.24. The third kappa shape index (κ3) is 3.61. The summed E-state index contributed by atoms with van der Waals surface area (Å²) in [6, 6.07) is 12.6. The molecular weight excluding hydrogens is 334 g/mol. The van der Waals surface area contributed by atoms with Gasteiger partial charge in [-0.3, -0.25) is 20.4 Å². The molecule has 1 heterocycles. The van der Waals surface area contributed by atoms with E-state index in [-0.39, 0.29) is 12.3 Å². The summed E-state index contributed by atoms with van der Waals surface area (Å²) in [5.74, 6) is 0.429. The summed E-state index contributed by atoms with van der Waals surface area (Å²) in [5, 5.41) is 0.786. The van der Waals surface area contributed by atoms with Crippen LogP contribution < -0.4 is 20.3 Å². The molecule has 0 unspecified atom stereocenters. The molecule has 0 bridgehead atoms. The van der Waals surface area contributed by atoms with E-state index >= 15 is 0 Å². The van der Waals surface area contributed by atoms with E-state index in [9.17, 15) is 9.59 Å². The number of hydrogen-bond acceptors (Lipinski definition) is 4. The monoisotopic (exact) mass is 353 g/mol. The summed E-state index contributed by atoms with van der Waals surface area (Å²) in [5.41, 5.74) is 6.82. The molecule has 7 heteroatoms. The number of rotatable bonds is 5. The molecule has 3 aromatic rings. The number of methoxy groups -OCH3 is 2. The molecule has 2 amide bonds. The van der Waals surface area contributed by atoms with E-state index in [0.29, 0.717) is 22.6 Å². The first-order valence-electron chi connectivity index (χ1n) is 7.98.